The molecular formula is C25H23ClO2. The number of rotatable bonds is 2. The predicted octanol–water partition coefficient (Wildman–Crippen LogP) is 6.64. The molecule has 0 heterocycles. The van der Waals surface area contributed by atoms with Gasteiger partial charge in [0.15, 0.2) is 0 Å². The molecule has 3 heteroatoms. The van der Waals surface area contributed by atoms with Gasteiger partial charge in [0.25, 0.3) is 0 Å². The van der Waals surface area contributed by atoms with Crippen molar-refractivity contribution in [2.75, 3.05) is 0 Å². The number of fused-ring (bicyclic) bond motifs is 3. The van der Waals surface area contributed by atoms with Crippen molar-refractivity contribution in [1.82, 2.24) is 0 Å². The Morgan fingerprint density at radius 1 is 0.786 bits per heavy atom. The molecule has 1 saturated carbocycles. The van der Waals surface area contributed by atoms with Crippen LogP contribution >= 0.6 is 11.6 Å². The van der Waals surface area contributed by atoms with E-state index in [1.165, 1.54) is 36.0 Å². The fourth-order valence-corrected chi connectivity index (χ4v) is 5.56. The van der Waals surface area contributed by atoms with Crippen LogP contribution in [0.25, 0.3) is 11.1 Å². The quantitative estimate of drug-likeness (QED) is 0.514. The zero-order chi connectivity index (χ0) is 19.3. The summed E-state index contributed by atoms with van der Waals surface area (Å²) in [6.07, 6.45) is 4.59. The summed E-state index contributed by atoms with van der Waals surface area (Å²) in [5.41, 5.74) is 6.18. The second-order valence-corrected chi connectivity index (χ2v) is 8.61. The van der Waals surface area contributed by atoms with Crippen LogP contribution in [-0.4, -0.2) is 10.2 Å². The van der Waals surface area contributed by atoms with Crippen molar-refractivity contribution >= 4 is 11.6 Å². The van der Waals surface area contributed by atoms with Crippen LogP contribution in [0.1, 0.15) is 47.8 Å². The Morgan fingerprint density at radius 3 is 2.29 bits per heavy atom. The van der Waals surface area contributed by atoms with Gasteiger partial charge in [0, 0.05) is 5.02 Å². The molecule has 142 valence electrons. The Bertz CT molecular complexity index is 1010. The maximum absolute atomic E-state index is 10.5. The molecule has 0 spiro atoms. The number of aromatic hydroxyl groups is 2. The van der Waals surface area contributed by atoms with Crippen LogP contribution in [0.2, 0.25) is 5.02 Å². The Morgan fingerprint density at radius 2 is 1.54 bits per heavy atom. The van der Waals surface area contributed by atoms with Crippen LogP contribution in [0.4, 0.5) is 0 Å². The smallest absolute Gasteiger partial charge is 0.116 e. The second kappa shape index (κ2) is 6.86. The topological polar surface area (TPSA) is 40.5 Å². The monoisotopic (exact) mass is 390 g/mol. The average molecular weight is 391 g/mol. The van der Waals surface area contributed by atoms with Gasteiger partial charge < -0.3 is 10.2 Å². The lowest BCUT2D eigenvalue weighted by atomic mass is 9.67. The largest absolute Gasteiger partial charge is 0.508 e. The summed E-state index contributed by atoms with van der Waals surface area (Å²) in [7, 11) is 0. The van der Waals surface area contributed by atoms with E-state index in [9.17, 15) is 10.2 Å². The number of halogens is 1. The normalized spacial score (nSPS) is 23.2. The van der Waals surface area contributed by atoms with Gasteiger partial charge >= 0.3 is 0 Å². The van der Waals surface area contributed by atoms with Crippen molar-refractivity contribution in [1.29, 1.82) is 0 Å². The van der Waals surface area contributed by atoms with Crippen LogP contribution in [0.5, 0.6) is 11.5 Å². The van der Waals surface area contributed by atoms with E-state index in [4.69, 9.17) is 11.6 Å². The van der Waals surface area contributed by atoms with Crippen molar-refractivity contribution in [2.24, 2.45) is 5.92 Å². The highest BCUT2D eigenvalue weighted by atomic mass is 35.5. The minimum Gasteiger partial charge on any atom is -0.508 e. The van der Waals surface area contributed by atoms with Gasteiger partial charge in [-0.3, -0.25) is 0 Å². The highest BCUT2D eigenvalue weighted by Crippen LogP contribution is 2.55. The van der Waals surface area contributed by atoms with Crippen LogP contribution < -0.4 is 0 Å². The maximum atomic E-state index is 10.5. The predicted molar refractivity (Wildman–Crippen MR) is 113 cm³/mol. The van der Waals surface area contributed by atoms with Gasteiger partial charge in [-0.2, -0.15) is 0 Å². The fraction of sp³-hybridized carbons (Fsp3) is 0.280. The summed E-state index contributed by atoms with van der Waals surface area (Å²) in [5.74, 6) is 2.18. The molecule has 2 aliphatic carbocycles. The summed E-state index contributed by atoms with van der Waals surface area (Å²) in [4.78, 5) is 0. The van der Waals surface area contributed by atoms with Crippen molar-refractivity contribution in [3.8, 4) is 22.6 Å². The van der Waals surface area contributed by atoms with E-state index in [2.05, 4.69) is 12.1 Å². The van der Waals surface area contributed by atoms with E-state index in [0.29, 0.717) is 29.3 Å². The SMILES string of the molecule is Oc1ccc([C@@H]2Cc3c(-c4ccc(Cl)cc4)cc(O)cc3[C@@H]3CCC[C@H]23)cc1. The highest BCUT2D eigenvalue weighted by molar-refractivity contribution is 6.30. The van der Waals surface area contributed by atoms with Crippen LogP contribution in [-0.2, 0) is 6.42 Å². The first kappa shape index (κ1) is 17.6. The zero-order valence-corrected chi connectivity index (χ0v) is 16.4. The molecule has 0 radical (unpaired) electrons. The molecule has 3 atom stereocenters. The third kappa shape index (κ3) is 2.97. The fourth-order valence-electron chi connectivity index (χ4n) is 5.44. The third-order valence-corrected chi connectivity index (χ3v) is 6.91. The molecule has 0 amide bonds. The van der Waals surface area contributed by atoms with Gasteiger partial charge in [-0.25, -0.2) is 0 Å². The van der Waals surface area contributed by atoms with Crippen LogP contribution in [0.3, 0.4) is 0 Å². The summed E-state index contributed by atoms with van der Waals surface area (Å²) in [6, 6.07) is 19.5. The van der Waals surface area contributed by atoms with Gasteiger partial charge in [0.1, 0.15) is 11.5 Å². The standard InChI is InChI=1S/C25H23ClO2/c26-17-8-4-15(5-9-17)22-12-19(28)13-24-21-3-1-2-20(21)23(14-25(22)24)16-6-10-18(27)11-7-16/h4-13,20-21,23,27-28H,1-3,14H2/t20-,21+,23-/m0/s1. The van der Waals surface area contributed by atoms with E-state index >= 15 is 0 Å². The minimum absolute atomic E-state index is 0.315. The molecule has 0 aromatic heterocycles. The molecule has 1 fully saturated rings. The lowest BCUT2D eigenvalue weighted by Gasteiger charge is -2.37. The van der Waals surface area contributed by atoms with Crippen molar-refractivity contribution in [2.45, 2.75) is 37.5 Å². The molecular weight excluding hydrogens is 368 g/mol. The van der Waals surface area contributed by atoms with E-state index in [-0.39, 0.29) is 0 Å². The molecule has 0 aliphatic heterocycles. The molecule has 2 nitrogen and oxygen atoms in total. The van der Waals surface area contributed by atoms with Crippen LogP contribution in [0.15, 0.2) is 60.7 Å². The van der Waals surface area contributed by atoms with E-state index in [1.54, 1.807) is 12.1 Å². The number of phenolic OH excluding ortho intramolecular Hbond substituents is 2. The van der Waals surface area contributed by atoms with Gasteiger partial charge in [-0.15, -0.1) is 0 Å². The summed E-state index contributed by atoms with van der Waals surface area (Å²) >= 11 is 6.09. The molecule has 0 bridgehead atoms. The molecule has 28 heavy (non-hydrogen) atoms. The first-order valence-electron chi connectivity index (χ1n) is 10.0. The van der Waals surface area contributed by atoms with Gasteiger partial charge in [0.2, 0.25) is 0 Å². The van der Waals surface area contributed by atoms with Crippen LogP contribution in [0, 0.1) is 5.92 Å². The molecule has 3 aromatic carbocycles. The Hall–Kier alpha value is -2.45. The Labute approximate surface area is 170 Å². The van der Waals surface area contributed by atoms with E-state index in [0.717, 1.165) is 22.6 Å². The molecule has 3 aromatic rings. The molecule has 0 unspecified atom stereocenters. The van der Waals surface area contributed by atoms with Gasteiger partial charge in [-0.1, -0.05) is 42.3 Å². The Kier molecular flexibility index (Phi) is 4.32. The van der Waals surface area contributed by atoms with E-state index < -0.39 is 0 Å². The summed E-state index contributed by atoms with van der Waals surface area (Å²) < 4.78 is 0. The zero-order valence-electron chi connectivity index (χ0n) is 15.6. The van der Waals surface area contributed by atoms with Gasteiger partial charge in [-0.05, 0) is 101 Å². The number of hydrogen-bond donors (Lipinski definition) is 2. The highest BCUT2D eigenvalue weighted by Gasteiger charge is 2.41. The van der Waals surface area contributed by atoms with Crippen molar-refractivity contribution in [3.05, 3.63) is 82.4 Å². The molecule has 2 N–H and O–H groups in total. The molecule has 5 rings (SSSR count). The minimum atomic E-state index is 0.315. The molecule has 0 saturated heterocycles. The average Bonchev–Trinajstić information content (AvgIpc) is 3.19. The van der Waals surface area contributed by atoms with E-state index in [1.807, 2.05) is 36.4 Å². The maximum Gasteiger partial charge on any atom is 0.116 e. The van der Waals surface area contributed by atoms with Crippen molar-refractivity contribution < 1.29 is 10.2 Å². The molecule has 2 aliphatic rings. The van der Waals surface area contributed by atoms with Crippen molar-refractivity contribution in [3.63, 3.8) is 0 Å². The van der Waals surface area contributed by atoms with Gasteiger partial charge in [0.05, 0.1) is 0 Å². The first-order valence-corrected chi connectivity index (χ1v) is 10.4. The second-order valence-electron chi connectivity index (χ2n) is 8.17. The number of benzene rings is 3. The third-order valence-electron chi connectivity index (χ3n) is 6.66. The lowest BCUT2D eigenvalue weighted by Crippen LogP contribution is -2.25. The first-order chi connectivity index (χ1) is 13.6. The number of phenols is 2. The lowest BCUT2D eigenvalue weighted by molar-refractivity contribution is 0.363. The number of hydrogen-bond acceptors (Lipinski definition) is 2. The summed E-state index contributed by atoms with van der Waals surface area (Å²) in [5, 5.41) is 20.9. The summed E-state index contributed by atoms with van der Waals surface area (Å²) in [6.45, 7) is 0. The Balaban J connectivity index is 1.66.